The van der Waals surface area contributed by atoms with E-state index in [1.54, 1.807) is 25.1 Å². The maximum absolute atomic E-state index is 11.6. The highest BCUT2D eigenvalue weighted by molar-refractivity contribution is 9.10. The number of non-ortho nitro benzene ring substituents is 1. The monoisotopic (exact) mass is 349 g/mol. The third kappa shape index (κ3) is 3.46. The van der Waals surface area contributed by atoms with E-state index in [0.717, 1.165) is 4.47 Å². The second-order valence-electron chi connectivity index (χ2n) is 4.51. The predicted octanol–water partition coefficient (Wildman–Crippen LogP) is 4.66. The van der Waals surface area contributed by atoms with Crippen LogP contribution in [0.2, 0.25) is 0 Å². The number of halogens is 1. The molecule has 0 amide bonds. The Morgan fingerprint density at radius 3 is 2.43 bits per heavy atom. The second kappa shape index (κ2) is 6.05. The summed E-state index contributed by atoms with van der Waals surface area (Å²) in [6.07, 6.45) is 0. The van der Waals surface area contributed by atoms with Crippen LogP contribution in [0.25, 0.3) is 0 Å². The fourth-order valence-electron chi connectivity index (χ4n) is 1.85. The molecule has 0 N–H and O–H groups in total. The SMILES string of the molecule is CC(=O)c1cc(Br)ccc1Oc1ccc([N+](=O)[O-])cc1C. The van der Waals surface area contributed by atoms with Gasteiger partial charge in [-0.1, -0.05) is 15.9 Å². The molecule has 0 fully saturated rings. The first-order valence-corrected chi connectivity index (χ1v) is 6.91. The van der Waals surface area contributed by atoms with Gasteiger partial charge in [-0.2, -0.15) is 0 Å². The van der Waals surface area contributed by atoms with Crippen molar-refractivity contribution >= 4 is 27.4 Å². The van der Waals surface area contributed by atoms with Gasteiger partial charge < -0.3 is 4.74 Å². The van der Waals surface area contributed by atoms with E-state index in [9.17, 15) is 14.9 Å². The van der Waals surface area contributed by atoms with Crippen molar-refractivity contribution in [3.63, 3.8) is 0 Å². The average molecular weight is 350 g/mol. The lowest BCUT2D eigenvalue weighted by Crippen LogP contribution is -1.98. The van der Waals surface area contributed by atoms with Crippen molar-refractivity contribution in [1.82, 2.24) is 0 Å². The molecule has 108 valence electrons. The summed E-state index contributed by atoms with van der Waals surface area (Å²) in [5, 5.41) is 10.7. The van der Waals surface area contributed by atoms with Gasteiger partial charge in [0.05, 0.1) is 10.5 Å². The zero-order chi connectivity index (χ0) is 15.6. The minimum atomic E-state index is -0.461. The van der Waals surface area contributed by atoms with Crippen molar-refractivity contribution in [2.75, 3.05) is 0 Å². The molecule has 0 atom stereocenters. The molecule has 0 unspecified atom stereocenters. The first-order chi connectivity index (χ1) is 9.88. The van der Waals surface area contributed by atoms with E-state index in [1.165, 1.54) is 25.1 Å². The van der Waals surface area contributed by atoms with Crippen LogP contribution in [0.4, 0.5) is 5.69 Å². The molecule has 0 saturated carbocycles. The Bertz CT molecular complexity index is 728. The fourth-order valence-corrected chi connectivity index (χ4v) is 2.21. The number of nitrogens with zero attached hydrogens (tertiary/aromatic N) is 1. The molecule has 0 aromatic heterocycles. The van der Waals surface area contributed by atoms with Gasteiger partial charge in [-0.05, 0) is 43.7 Å². The molecule has 0 saturated heterocycles. The van der Waals surface area contributed by atoms with Gasteiger partial charge in [0.1, 0.15) is 11.5 Å². The van der Waals surface area contributed by atoms with Crippen LogP contribution in [0.5, 0.6) is 11.5 Å². The van der Waals surface area contributed by atoms with Crippen molar-refractivity contribution < 1.29 is 14.5 Å². The van der Waals surface area contributed by atoms with Gasteiger partial charge in [0.15, 0.2) is 5.78 Å². The van der Waals surface area contributed by atoms with Crippen LogP contribution >= 0.6 is 15.9 Å². The lowest BCUT2D eigenvalue weighted by atomic mass is 10.1. The Kier molecular flexibility index (Phi) is 4.37. The number of aryl methyl sites for hydroxylation is 1. The number of benzene rings is 2. The van der Waals surface area contributed by atoms with Gasteiger partial charge in [-0.3, -0.25) is 14.9 Å². The Morgan fingerprint density at radius 1 is 1.19 bits per heavy atom. The predicted molar refractivity (Wildman–Crippen MR) is 82.1 cm³/mol. The topological polar surface area (TPSA) is 69.4 Å². The summed E-state index contributed by atoms with van der Waals surface area (Å²) in [5.41, 5.74) is 1.08. The molecule has 0 bridgehead atoms. The summed E-state index contributed by atoms with van der Waals surface area (Å²) < 4.78 is 6.51. The third-order valence-corrected chi connectivity index (χ3v) is 3.40. The maximum Gasteiger partial charge on any atom is 0.269 e. The van der Waals surface area contributed by atoms with Crippen molar-refractivity contribution in [3.05, 3.63) is 62.1 Å². The van der Waals surface area contributed by atoms with E-state index in [1.807, 2.05) is 0 Å². The molecule has 0 aliphatic carbocycles. The lowest BCUT2D eigenvalue weighted by Gasteiger charge is -2.11. The van der Waals surface area contributed by atoms with E-state index >= 15 is 0 Å². The number of ether oxygens (including phenoxy) is 1. The number of nitro benzene ring substituents is 1. The number of nitro groups is 1. The molecule has 21 heavy (non-hydrogen) atoms. The zero-order valence-electron chi connectivity index (χ0n) is 11.4. The minimum Gasteiger partial charge on any atom is -0.456 e. The van der Waals surface area contributed by atoms with Crippen LogP contribution in [-0.2, 0) is 0 Å². The lowest BCUT2D eigenvalue weighted by molar-refractivity contribution is -0.384. The Balaban J connectivity index is 2.39. The highest BCUT2D eigenvalue weighted by atomic mass is 79.9. The normalized spacial score (nSPS) is 10.2. The van der Waals surface area contributed by atoms with E-state index in [2.05, 4.69) is 15.9 Å². The molecule has 0 spiro atoms. The highest BCUT2D eigenvalue weighted by Gasteiger charge is 2.13. The molecule has 5 nitrogen and oxygen atoms in total. The third-order valence-electron chi connectivity index (χ3n) is 2.91. The van der Waals surface area contributed by atoms with E-state index in [4.69, 9.17) is 4.74 Å². The van der Waals surface area contributed by atoms with Crippen molar-refractivity contribution in [1.29, 1.82) is 0 Å². The molecule has 0 radical (unpaired) electrons. The molecular weight excluding hydrogens is 338 g/mol. The van der Waals surface area contributed by atoms with E-state index in [0.29, 0.717) is 22.6 Å². The summed E-state index contributed by atoms with van der Waals surface area (Å²) in [5.74, 6) is 0.777. The van der Waals surface area contributed by atoms with Gasteiger partial charge in [0.2, 0.25) is 0 Å². The largest absolute Gasteiger partial charge is 0.456 e. The second-order valence-corrected chi connectivity index (χ2v) is 5.42. The van der Waals surface area contributed by atoms with Crippen molar-refractivity contribution in [3.8, 4) is 11.5 Å². The molecule has 6 heteroatoms. The van der Waals surface area contributed by atoms with Crippen LogP contribution in [-0.4, -0.2) is 10.7 Å². The number of carbonyl (C=O) groups excluding carboxylic acids is 1. The van der Waals surface area contributed by atoms with Crippen molar-refractivity contribution in [2.45, 2.75) is 13.8 Å². The van der Waals surface area contributed by atoms with Crippen LogP contribution in [0.3, 0.4) is 0 Å². The zero-order valence-corrected chi connectivity index (χ0v) is 13.0. The Morgan fingerprint density at radius 2 is 1.86 bits per heavy atom. The number of hydrogen-bond donors (Lipinski definition) is 0. The standard InChI is InChI=1S/C15H12BrNO4/c1-9-7-12(17(19)20)4-6-14(9)21-15-5-3-11(16)8-13(15)10(2)18/h3-8H,1-2H3. The Hall–Kier alpha value is -2.21. The first-order valence-electron chi connectivity index (χ1n) is 6.12. The van der Waals surface area contributed by atoms with Gasteiger partial charge in [0, 0.05) is 16.6 Å². The molecule has 2 aromatic rings. The van der Waals surface area contributed by atoms with E-state index in [-0.39, 0.29) is 11.5 Å². The highest BCUT2D eigenvalue weighted by Crippen LogP contribution is 2.31. The summed E-state index contributed by atoms with van der Waals surface area (Å²) in [6, 6.07) is 9.46. The maximum atomic E-state index is 11.6. The number of carbonyl (C=O) groups is 1. The van der Waals surface area contributed by atoms with Crippen molar-refractivity contribution in [2.24, 2.45) is 0 Å². The minimum absolute atomic E-state index is 0.00227. The quantitative estimate of drug-likeness (QED) is 0.457. The molecule has 0 aliphatic heterocycles. The van der Waals surface area contributed by atoms with Gasteiger partial charge in [0.25, 0.3) is 5.69 Å². The van der Waals surface area contributed by atoms with E-state index < -0.39 is 4.92 Å². The molecule has 0 heterocycles. The number of hydrogen-bond acceptors (Lipinski definition) is 4. The Labute approximate surface area is 129 Å². The molecule has 0 aliphatic rings. The molecule has 2 rings (SSSR count). The summed E-state index contributed by atoms with van der Waals surface area (Å²) in [7, 11) is 0. The number of rotatable bonds is 4. The van der Waals surface area contributed by atoms with Crippen LogP contribution in [0.15, 0.2) is 40.9 Å². The summed E-state index contributed by atoms with van der Waals surface area (Å²) in [4.78, 5) is 21.9. The number of ketones is 1. The van der Waals surface area contributed by atoms with Gasteiger partial charge in [-0.15, -0.1) is 0 Å². The van der Waals surface area contributed by atoms with Gasteiger partial charge in [-0.25, -0.2) is 0 Å². The summed E-state index contributed by atoms with van der Waals surface area (Å²) >= 11 is 3.31. The van der Waals surface area contributed by atoms with Gasteiger partial charge >= 0.3 is 0 Å². The number of Topliss-reactive ketones (excluding diaryl/α,β-unsaturated/α-hetero) is 1. The first kappa shape index (κ1) is 15.2. The summed E-state index contributed by atoms with van der Waals surface area (Å²) in [6.45, 7) is 3.17. The smallest absolute Gasteiger partial charge is 0.269 e. The van der Waals surface area contributed by atoms with Crippen LogP contribution in [0, 0.1) is 17.0 Å². The molecule has 2 aromatic carbocycles. The average Bonchev–Trinajstić information content (AvgIpc) is 2.42. The molecular formula is C15H12BrNO4. The fraction of sp³-hybridized carbons (Fsp3) is 0.133. The van der Waals surface area contributed by atoms with Crippen LogP contribution < -0.4 is 4.74 Å². The van der Waals surface area contributed by atoms with Crippen LogP contribution in [0.1, 0.15) is 22.8 Å².